The van der Waals surface area contributed by atoms with Crippen LogP contribution >= 0.6 is 15.8 Å². The Balaban J connectivity index is 1.70. The molecule has 40 heavy (non-hydrogen) atoms. The van der Waals surface area contributed by atoms with Gasteiger partial charge in [-0.2, -0.15) is 0 Å². The van der Waals surface area contributed by atoms with Crippen LogP contribution in [0, 0.1) is 0 Å². The molecule has 4 heteroatoms. The van der Waals surface area contributed by atoms with Gasteiger partial charge in [0, 0.05) is 5.56 Å². The number of benzene rings is 5. The molecule has 0 aromatic heterocycles. The molecule has 0 amide bonds. The van der Waals surface area contributed by atoms with E-state index in [1.165, 1.54) is 10.6 Å². The zero-order chi connectivity index (χ0) is 27.8. The molecule has 0 N–H and O–H groups in total. The van der Waals surface area contributed by atoms with Crippen molar-refractivity contribution in [3.63, 3.8) is 0 Å². The molecular weight excluding hydrogens is 526 g/mol. The van der Waals surface area contributed by atoms with Gasteiger partial charge in [-0.3, -0.25) is 9.59 Å². The van der Waals surface area contributed by atoms with Crippen LogP contribution in [0.15, 0.2) is 152 Å². The second-order valence-electron chi connectivity index (χ2n) is 9.69. The molecule has 1 atom stereocenters. The van der Waals surface area contributed by atoms with Gasteiger partial charge in [-0.25, -0.2) is 0 Å². The number of rotatable bonds is 11. The monoisotopic (exact) mass is 558 g/mol. The van der Waals surface area contributed by atoms with Crippen LogP contribution in [-0.2, 0) is 4.79 Å². The van der Waals surface area contributed by atoms with Crippen LogP contribution in [0.1, 0.15) is 23.7 Å². The van der Waals surface area contributed by atoms with E-state index in [9.17, 15) is 9.59 Å². The number of ketones is 2. The average Bonchev–Trinajstić information content (AvgIpc) is 3.02. The SMILES string of the molecule is CC(=O)C(CCP(c1ccccc1)c1ccccc1)(C(=O)c1ccccc1)P(c1ccccc1)c1ccccc1. The van der Waals surface area contributed by atoms with Crippen molar-refractivity contribution in [1.82, 2.24) is 0 Å². The summed E-state index contributed by atoms with van der Waals surface area (Å²) in [5.74, 6) is -0.160. The largest absolute Gasteiger partial charge is 0.298 e. The highest BCUT2D eigenvalue weighted by atomic mass is 31.1. The Kier molecular flexibility index (Phi) is 9.12. The molecule has 2 nitrogen and oxygen atoms in total. The van der Waals surface area contributed by atoms with Gasteiger partial charge in [-0.1, -0.05) is 152 Å². The molecule has 5 aromatic rings. The fourth-order valence-corrected chi connectivity index (χ4v) is 11.0. The summed E-state index contributed by atoms with van der Waals surface area (Å²) < 4.78 is 0. The molecule has 0 saturated heterocycles. The Labute approximate surface area is 239 Å². The van der Waals surface area contributed by atoms with Crippen molar-refractivity contribution in [2.24, 2.45) is 0 Å². The molecule has 0 fully saturated rings. The van der Waals surface area contributed by atoms with Gasteiger partial charge in [0.15, 0.2) is 5.78 Å². The van der Waals surface area contributed by atoms with Crippen LogP contribution in [0.5, 0.6) is 0 Å². The van der Waals surface area contributed by atoms with E-state index in [0.717, 1.165) is 16.8 Å². The third-order valence-electron chi connectivity index (χ3n) is 7.24. The second-order valence-corrected chi connectivity index (χ2v) is 14.5. The van der Waals surface area contributed by atoms with Gasteiger partial charge < -0.3 is 0 Å². The molecule has 0 heterocycles. The van der Waals surface area contributed by atoms with Gasteiger partial charge >= 0.3 is 0 Å². The zero-order valence-electron chi connectivity index (χ0n) is 22.6. The minimum absolute atomic E-state index is 0.0729. The molecule has 0 aliphatic heterocycles. The maximum atomic E-state index is 14.8. The minimum Gasteiger partial charge on any atom is -0.298 e. The second kappa shape index (κ2) is 13.1. The first-order valence-corrected chi connectivity index (χ1v) is 16.4. The van der Waals surface area contributed by atoms with Crippen molar-refractivity contribution in [2.75, 3.05) is 6.16 Å². The number of carbonyl (C=O) groups excluding carboxylic acids is 2. The first-order chi connectivity index (χ1) is 19.6. The molecule has 0 bridgehead atoms. The summed E-state index contributed by atoms with van der Waals surface area (Å²) in [6, 6.07) is 50.7. The number of hydrogen-bond acceptors (Lipinski definition) is 2. The van der Waals surface area contributed by atoms with Crippen LogP contribution in [0.2, 0.25) is 0 Å². The van der Waals surface area contributed by atoms with Gasteiger partial charge in [0.1, 0.15) is 10.9 Å². The average molecular weight is 559 g/mol. The van der Waals surface area contributed by atoms with Crippen LogP contribution < -0.4 is 21.2 Å². The quantitative estimate of drug-likeness (QED) is 0.101. The third kappa shape index (κ3) is 5.90. The lowest BCUT2D eigenvalue weighted by atomic mass is 9.90. The van der Waals surface area contributed by atoms with E-state index in [1.54, 1.807) is 6.92 Å². The van der Waals surface area contributed by atoms with Gasteiger partial charge in [0.2, 0.25) is 0 Å². The van der Waals surface area contributed by atoms with Crippen LogP contribution in [0.25, 0.3) is 0 Å². The standard InChI is InChI=1S/C36H32O2P2/c1-29(37)36(35(38)30-17-7-2-8-18-30,40(33-23-13-5-14-24-33)34-25-15-6-16-26-34)27-28-39(31-19-9-3-10-20-31)32-21-11-4-12-22-32/h2-26H,27-28H2,1H3. The number of hydrogen-bond donors (Lipinski definition) is 0. The van der Waals surface area contributed by atoms with Gasteiger partial charge in [0.25, 0.3) is 0 Å². The summed E-state index contributed by atoms with van der Waals surface area (Å²) in [7, 11) is -2.15. The zero-order valence-corrected chi connectivity index (χ0v) is 24.3. The van der Waals surface area contributed by atoms with E-state index in [-0.39, 0.29) is 11.6 Å². The fourth-order valence-electron chi connectivity index (χ4n) is 5.29. The minimum atomic E-state index is -1.36. The number of carbonyl (C=O) groups is 2. The summed E-state index contributed by atoms with van der Waals surface area (Å²) in [4.78, 5) is 28.9. The summed E-state index contributed by atoms with van der Waals surface area (Å²) >= 11 is 0. The Morgan fingerprint density at radius 1 is 0.525 bits per heavy atom. The van der Waals surface area contributed by atoms with Gasteiger partial charge in [0.05, 0.1) is 0 Å². The third-order valence-corrected chi connectivity index (χ3v) is 12.9. The molecule has 5 aromatic carbocycles. The van der Waals surface area contributed by atoms with Gasteiger partial charge in [-0.05, 0) is 56.6 Å². The molecular formula is C36H32O2P2. The summed E-state index contributed by atoms with van der Waals surface area (Å²) in [6.07, 6.45) is 1.18. The molecule has 0 spiro atoms. The lowest BCUT2D eigenvalue weighted by molar-refractivity contribution is -0.118. The predicted molar refractivity (Wildman–Crippen MR) is 172 cm³/mol. The fraction of sp³-hybridized carbons (Fsp3) is 0.111. The Morgan fingerprint density at radius 3 is 1.25 bits per heavy atom. The first-order valence-electron chi connectivity index (χ1n) is 13.5. The van der Waals surface area contributed by atoms with Crippen molar-refractivity contribution >= 4 is 48.6 Å². The van der Waals surface area contributed by atoms with Crippen molar-refractivity contribution in [3.8, 4) is 0 Å². The molecule has 1 unspecified atom stereocenters. The summed E-state index contributed by atoms with van der Waals surface area (Å²) in [6.45, 7) is 1.62. The van der Waals surface area contributed by atoms with Crippen LogP contribution in [-0.4, -0.2) is 22.9 Å². The smallest absolute Gasteiger partial charge is 0.181 e. The van der Waals surface area contributed by atoms with E-state index in [0.29, 0.717) is 12.0 Å². The highest BCUT2D eigenvalue weighted by Gasteiger charge is 2.51. The molecule has 0 aliphatic rings. The van der Waals surface area contributed by atoms with Crippen molar-refractivity contribution in [3.05, 3.63) is 157 Å². The lowest BCUT2D eigenvalue weighted by Gasteiger charge is -2.39. The lowest BCUT2D eigenvalue weighted by Crippen LogP contribution is -2.49. The molecule has 198 valence electrons. The van der Waals surface area contributed by atoms with Crippen LogP contribution in [0.4, 0.5) is 0 Å². The molecule has 5 rings (SSSR count). The Morgan fingerprint density at radius 2 is 0.875 bits per heavy atom. The van der Waals surface area contributed by atoms with E-state index >= 15 is 0 Å². The van der Waals surface area contributed by atoms with Gasteiger partial charge in [-0.15, -0.1) is 0 Å². The Bertz CT molecular complexity index is 1450. The van der Waals surface area contributed by atoms with Crippen molar-refractivity contribution < 1.29 is 9.59 Å². The first kappa shape index (κ1) is 27.9. The number of Topliss-reactive ketones (excluding diaryl/α,β-unsaturated/α-hetero) is 2. The van der Waals surface area contributed by atoms with Crippen LogP contribution in [0.3, 0.4) is 0 Å². The summed E-state index contributed by atoms with van der Waals surface area (Å²) in [5.41, 5.74) is 0.584. The molecule has 0 radical (unpaired) electrons. The van der Waals surface area contributed by atoms with E-state index in [4.69, 9.17) is 0 Å². The van der Waals surface area contributed by atoms with E-state index in [2.05, 4.69) is 72.8 Å². The maximum Gasteiger partial charge on any atom is 0.181 e. The topological polar surface area (TPSA) is 34.1 Å². The highest BCUT2D eigenvalue weighted by Crippen LogP contribution is 2.54. The van der Waals surface area contributed by atoms with Crippen molar-refractivity contribution in [2.45, 2.75) is 18.5 Å². The summed E-state index contributed by atoms with van der Waals surface area (Å²) in [5, 5.41) is 3.34. The molecule has 0 aliphatic carbocycles. The Hall–Kier alpha value is -3.70. The van der Waals surface area contributed by atoms with E-state index < -0.39 is 21.0 Å². The maximum absolute atomic E-state index is 14.8. The molecule has 0 saturated carbocycles. The normalized spacial score (nSPS) is 12.7. The predicted octanol–water partition coefficient (Wildman–Crippen LogP) is 6.85. The van der Waals surface area contributed by atoms with E-state index in [1.807, 2.05) is 78.9 Å². The highest BCUT2D eigenvalue weighted by molar-refractivity contribution is 7.76. The van der Waals surface area contributed by atoms with Crippen molar-refractivity contribution in [1.29, 1.82) is 0 Å².